The van der Waals surface area contributed by atoms with Crippen LogP contribution in [0.4, 0.5) is 4.39 Å². The molecule has 25 heavy (non-hydrogen) atoms. The molecule has 3 nitrogen and oxygen atoms in total. The van der Waals surface area contributed by atoms with Gasteiger partial charge in [-0.3, -0.25) is 0 Å². The molecular weight excluding hydrogens is 315 g/mol. The lowest BCUT2D eigenvalue weighted by Gasteiger charge is -2.13. The van der Waals surface area contributed by atoms with Crippen LogP contribution in [0.1, 0.15) is 30.9 Å². The van der Waals surface area contributed by atoms with Gasteiger partial charge in [-0.25, -0.2) is 4.39 Å². The topological polar surface area (TPSA) is 37.2 Å². The van der Waals surface area contributed by atoms with E-state index >= 15 is 0 Å². The van der Waals surface area contributed by atoms with E-state index in [-0.39, 0.29) is 5.75 Å². The molecular formula is C21H25FN2O. The third-order valence-corrected chi connectivity index (χ3v) is 4.73. The van der Waals surface area contributed by atoms with Crippen molar-refractivity contribution in [1.82, 2.24) is 9.88 Å². The normalized spacial score (nSPS) is 12.6. The standard InChI is InChI=1S/C21H25FN2O/c1-3-24-14-17(21-19(24)11-18(22)12-20(21)25)9-10-23-13-15(2)16-7-5-4-6-8-16/h4-8,11-12,14-15,23,25H,3,9-10,13H2,1-2H3. The van der Waals surface area contributed by atoms with Gasteiger partial charge in [0.05, 0.1) is 5.52 Å². The summed E-state index contributed by atoms with van der Waals surface area (Å²) in [7, 11) is 0. The Bertz CT molecular complexity index is 842. The van der Waals surface area contributed by atoms with Gasteiger partial charge in [-0.2, -0.15) is 0 Å². The molecule has 3 rings (SSSR count). The molecule has 0 radical (unpaired) electrons. The van der Waals surface area contributed by atoms with E-state index in [2.05, 4.69) is 36.5 Å². The van der Waals surface area contributed by atoms with E-state index in [0.29, 0.717) is 5.92 Å². The maximum atomic E-state index is 13.6. The molecule has 0 bridgehead atoms. The van der Waals surface area contributed by atoms with Crippen molar-refractivity contribution >= 4 is 10.9 Å². The van der Waals surface area contributed by atoms with E-state index < -0.39 is 5.82 Å². The Balaban J connectivity index is 1.66. The Morgan fingerprint density at radius 1 is 1.20 bits per heavy atom. The highest BCUT2D eigenvalue weighted by Crippen LogP contribution is 2.31. The summed E-state index contributed by atoms with van der Waals surface area (Å²) < 4.78 is 15.6. The number of benzene rings is 2. The molecule has 0 amide bonds. The van der Waals surface area contributed by atoms with Crippen LogP contribution in [-0.4, -0.2) is 22.8 Å². The molecule has 2 aromatic carbocycles. The lowest BCUT2D eigenvalue weighted by atomic mass is 10.0. The van der Waals surface area contributed by atoms with Gasteiger partial charge in [-0.05, 0) is 43.0 Å². The summed E-state index contributed by atoms with van der Waals surface area (Å²) >= 11 is 0. The van der Waals surface area contributed by atoms with Gasteiger partial charge in [0.1, 0.15) is 11.6 Å². The molecule has 0 spiro atoms. The largest absolute Gasteiger partial charge is 0.507 e. The Kier molecular flexibility index (Phi) is 5.39. The zero-order valence-electron chi connectivity index (χ0n) is 14.8. The average Bonchev–Trinajstić information content (AvgIpc) is 2.97. The summed E-state index contributed by atoms with van der Waals surface area (Å²) in [5, 5.41) is 14.4. The van der Waals surface area contributed by atoms with Crippen molar-refractivity contribution in [2.75, 3.05) is 13.1 Å². The van der Waals surface area contributed by atoms with Gasteiger partial charge in [0.15, 0.2) is 0 Å². The van der Waals surface area contributed by atoms with Crippen molar-refractivity contribution in [3.8, 4) is 5.75 Å². The molecule has 3 aromatic rings. The number of rotatable bonds is 7. The predicted molar refractivity (Wildman–Crippen MR) is 101 cm³/mol. The molecule has 0 aliphatic rings. The molecule has 1 atom stereocenters. The summed E-state index contributed by atoms with van der Waals surface area (Å²) in [6.07, 6.45) is 2.82. The third kappa shape index (κ3) is 3.85. The van der Waals surface area contributed by atoms with E-state index in [0.717, 1.165) is 42.5 Å². The first-order chi connectivity index (χ1) is 12.1. The van der Waals surface area contributed by atoms with Gasteiger partial charge in [-0.1, -0.05) is 37.3 Å². The van der Waals surface area contributed by atoms with E-state index in [1.165, 1.54) is 17.7 Å². The quantitative estimate of drug-likeness (QED) is 0.624. The maximum absolute atomic E-state index is 13.6. The fourth-order valence-corrected chi connectivity index (χ4v) is 3.35. The van der Waals surface area contributed by atoms with Crippen LogP contribution in [-0.2, 0) is 13.0 Å². The zero-order chi connectivity index (χ0) is 17.8. The summed E-state index contributed by atoms with van der Waals surface area (Å²) in [4.78, 5) is 0. The molecule has 4 heteroatoms. The molecule has 0 aliphatic heterocycles. The SMILES string of the molecule is CCn1cc(CCNCC(C)c2ccccc2)c2c(O)cc(F)cc21. The number of nitrogens with one attached hydrogen (secondary N) is 1. The Hall–Kier alpha value is -2.33. The highest BCUT2D eigenvalue weighted by atomic mass is 19.1. The monoisotopic (exact) mass is 340 g/mol. The lowest BCUT2D eigenvalue weighted by Crippen LogP contribution is -2.22. The average molecular weight is 340 g/mol. The van der Waals surface area contributed by atoms with Gasteiger partial charge in [0.2, 0.25) is 0 Å². The number of aryl methyl sites for hydroxylation is 1. The van der Waals surface area contributed by atoms with Crippen LogP contribution in [0.5, 0.6) is 5.75 Å². The van der Waals surface area contributed by atoms with Crippen molar-refractivity contribution in [2.45, 2.75) is 32.7 Å². The summed E-state index contributed by atoms with van der Waals surface area (Å²) in [5.74, 6) is 0.0645. The van der Waals surface area contributed by atoms with Crippen molar-refractivity contribution in [3.05, 3.63) is 65.6 Å². The number of aromatic hydroxyl groups is 1. The van der Waals surface area contributed by atoms with E-state index in [4.69, 9.17) is 0 Å². The van der Waals surface area contributed by atoms with Gasteiger partial charge in [-0.15, -0.1) is 0 Å². The van der Waals surface area contributed by atoms with Gasteiger partial charge >= 0.3 is 0 Å². The Labute approximate surface area is 148 Å². The molecule has 0 fully saturated rings. The molecule has 1 aromatic heterocycles. The zero-order valence-corrected chi connectivity index (χ0v) is 14.8. The van der Waals surface area contributed by atoms with Crippen LogP contribution >= 0.6 is 0 Å². The highest BCUT2D eigenvalue weighted by Gasteiger charge is 2.13. The molecule has 1 heterocycles. The summed E-state index contributed by atoms with van der Waals surface area (Å²) in [6, 6.07) is 13.1. The number of hydrogen-bond acceptors (Lipinski definition) is 2. The van der Waals surface area contributed by atoms with Gasteiger partial charge < -0.3 is 15.0 Å². The van der Waals surface area contributed by atoms with Crippen LogP contribution in [0, 0.1) is 5.82 Å². The predicted octanol–water partition coefficient (Wildman–Crippen LogP) is 4.44. The second kappa shape index (κ2) is 7.70. The first-order valence-electron chi connectivity index (χ1n) is 8.86. The minimum atomic E-state index is -0.404. The number of fused-ring (bicyclic) bond motifs is 1. The fourth-order valence-electron chi connectivity index (χ4n) is 3.35. The van der Waals surface area contributed by atoms with Gasteiger partial charge in [0, 0.05) is 30.7 Å². The van der Waals surface area contributed by atoms with E-state index in [1.807, 2.05) is 23.8 Å². The smallest absolute Gasteiger partial charge is 0.129 e. The molecule has 0 aliphatic carbocycles. The highest BCUT2D eigenvalue weighted by molar-refractivity contribution is 5.89. The number of nitrogens with zero attached hydrogens (tertiary/aromatic N) is 1. The number of phenolic OH excluding ortho intramolecular Hbond substituents is 1. The lowest BCUT2D eigenvalue weighted by molar-refractivity contribution is 0.475. The Morgan fingerprint density at radius 3 is 2.68 bits per heavy atom. The third-order valence-electron chi connectivity index (χ3n) is 4.73. The van der Waals surface area contributed by atoms with Crippen LogP contribution in [0.25, 0.3) is 10.9 Å². The number of halogens is 1. The number of hydrogen-bond donors (Lipinski definition) is 2. The first kappa shape index (κ1) is 17.5. The maximum Gasteiger partial charge on any atom is 0.129 e. The second-order valence-corrected chi connectivity index (χ2v) is 6.53. The second-order valence-electron chi connectivity index (χ2n) is 6.53. The fraction of sp³-hybridized carbons (Fsp3) is 0.333. The van der Waals surface area contributed by atoms with Crippen LogP contribution in [0.15, 0.2) is 48.7 Å². The van der Waals surface area contributed by atoms with Crippen LogP contribution < -0.4 is 5.32 Å². The molecule has 0 saturated carbocycles. The molecule has 0 saturated heterocycles. The molecule has 132 valence electrons. The number of phenols is 1. The van der Waals surface area contributed by atoms with Gasteiger partial charge in [0.25, 0.3) is 0 Å². The van der Waals surface area contributed by atoms with Crippen molar-refractivity contribution in [2.24, 2.45) is 0 Å². The Morgan fingerprint density at radius 2 is 1.96 bits per heavy atom. The minimum Gasteiger partial charge on any atom is -0.507 e. The molecule has 2 N–H and O–H groups in total. The van der Waals surface area contributed by atoms with Crippen molar-refractivity contribution in [1.29, 1.82) is 0 Å². The summed E-state index contributed by atoms with van der Waals surface area (Å²) in [6.45, 7) is 6.69. The van der Waals surface area contributed by atoms with Crippen LogP contribution in [0.3, 0.4) is 0 Å². The van der Waals surface area contributed by atoms with Crippen LogP contribution in [0.2, 0.25) is 0 Å². The molecule has 1 unspecified atom stereocenters. The van der Waals surface area contributed by atoms with E-state index in [1.54, 1.807) is 0 Å². The van der Waals surface area contributed by atoms with E-state index in [9.17, 15) is 9.50 Å². The van der Waals surface area contributed by atoms with Crippen molar-refractivity contribution in [3.63, 3.8) is 0 Å². The number of aromatic nitrogens is 1. The minimum absolute atomic E-state index is 0.0230. The first-order valence-corrected chi connectivity index (χ1v) is 8.86. The van der Waals surface area contributed by atoms with Crippen molar-refractivity contribution < 1.29 is 9.50 Å². The summed E-state index contributed by atoms with van der Waals surface area (Å²) in [5.41, 5.74) is 3.13.